The van der Waals surface area contributed by atoms with Crippen molar-refractivity contribution < 1.29 is 19.1 Å². The number of carbonyl (C=O) groups is 2. The van der Waals surface area contributed by atoms with Crippen molar-refractivity contribution in [1.82, 2.24) is 5.32 Å². The Labute approximate surface area is 153 Å². The van der Waals surface area contributed by atoms with E-state index < -0.39 is 12.1 Å². The lowest BCUT2D eigenvalue weighted by atomic mass is 9.97. The minimum Gasteiger partial charge on any atom is -0.496 e. The Hall–Kier alpha value is -2.01. The van der Waals surface area contributed by atoms with E-state index in [0.717, 1.165) is 19.3 Å². The first-order valence-corrected chi connectivity index (χ1v) is 8.89. The molecule has 0 heterocycles. The quantitative estimate of drug-likeness (QED) is 0.588. The molecule has 0 saturated carbocycles. The van der Waals surface area contributed by atoms with Crippen LogP contribution in [0.5, 0.6) is 5.75 Å². The summed E-state index contributed by atoms with van der Waals surface area (Å²) in [5.41, 5.74) is 1.59. The van der Waals surface area contributed by atoms with Gasteiger partial charge in [0.1, 0.15) is 11.3 Å². The Morgan fingerprint density at radius 2 is 2.12 bits per heavy atom. The van der Waals surface area contributed by atoms with Crippen LogP contribution in [0.4, 0.5) is 0 Å². The number of amides is 1. The van der Waals surface area contributed by atoms with Crippen LogP contribution in [0.15, 0.2) is 29.8 Å². The van der Waals surface area contributed by atoms with Gasteiger partial charge in [0.05, 0.1) is 7.11 Å². The molecule has 0 radical (unpaired) electrons. The van der Waals surface area contributed by atoms with Crippen LogP contribution >= 0.6 is 11.6 Å². The van der Waals surface area contributed by atoms with Gasteiger partial charge in [-0.1, -0.05) is 23.3 Å². The molecule has 1 N–H and O–H groups in total. The van der Waals surface area contributed by atoms with Gasteiger partial charge in [0.2, 0.25) is 0 Å². The van der Waals surface area contributed by atoms with Crippen LogP contribution in [0.25, 0.3) is 0 Å². The van der Waals surface area contributed by atoms with Gasteiger partial charge in [0.25, 0.3) is 5.91 Å². The van der Waals surface area contributed by atoms with Crippen LogP contribution in [-0.4, -0.2) is 31.6 Å². The zero-order valence-electron chi connectivity index (χ0n) is 14.6. The minimum atomic E-state index is -0.892. The number of allylic oxidation sites excluding steroid dienone is 1. The van der Waals surface area contributed by atoms with Gasteiger partial charge in [-0.25, -0.2) is 4.79 Å². The Morgan fingerprint density at radius 1 is 1.32 bits per heavy atom. The first kappa shape index (κ1) is 19.3. The number of hydrogen-bond donors (Lipinski definition) is 1. The molecule has 136 valence electrons. The van der Waals surface area contributed by atoms with E-state index >= 15 is 0 Å². The number of benzene rings is 1. The van der Waals surface area contributed by atoms with Crippen LogP contribution < -0.4 is 10.1 Å². The van der Waals surface area contributed by atoms with Crippen LogP contribution in [0, 0.1) is 0 Å². The third kappa shape index (κ3) is 5.78. The molecule has 0 aromatic heterocycles. The lowest BCUT2D eigenvalue weighted by Gasteiger charge is -2.16. The van der Waals surface area contributed by atoms with Gasteiger partial charge in [-0.2, -0.15) is 0 Å². The Bertz CT molecular complexity index is 657. The van der Waals surface area contributed by atoms with Gasteiger partial charge in [0, 0.05) is 11.6 Å². The summed E-state index contributed by atoms with van der Waals surface area (Å²) in [7, 11) is 1.45. The van der Waals surface area contributed by atoms with Crippen molar-refractivity contribution in [3.05, 3.63) is 40.4 Å². The monoisotopic (exact) mass is 365 g/mol. The summed E-state index contributed by atoms with van der Waals surface area (Å²) < 4.78 is 10.4. The zero-order chi connectivity index (χ0) is 18.2. The molecule has 1 aromatic rings. The summed E-state index contributed by atoms with van der Waals surface area (Å²) in [5, 5.41) is 3.21. The Kier molecular flexibility index (Phi) is 7.31. The molecule has 0 bridgehead atoms. The van der Waals surface area contributed by atoms with E-state index in [9.17, 15) is 9.59 Å². The topological polar surface area (TPSA) is 64.6 Å². The van der Waals surface area contributed by atoms with E-state index in [4.69, 9.17) is 21.1 Å². The summed E-state index contributed by atoms with van der Waals surface area (Å²) in [5.74, 6) is -0.603. The molecule has 1 aliphatic carbocycles. The molecule has 5 nitrogen and oxygen atoms in total. The highest BCUT2D eigenvalue weighted by Crippen LogP contribution is 2.24. The second kappa shape index (κ2) is 9.47. The number of ether oxygens (including phenoxy) is 2. The molecule has 25 heavy (non-hydrogen) atoms. The van der Waals surface area contributed by atoms with Gasteiger partial charge in [0.15, 0.2) is 6.10 Å². The molecule has 0 spiro atoms. The average Bonchev–Trinajstić information content (AvgIpc) is 2.62. The number of hydrogen-bond acceptors (Lipinski definition) is 4. The third-order valence-electron chi connectivity index (χ3n) is 4.16. The fourth-order valence-electron chi connectivity index (χ4n) is 2.74. The van der Waals surface area contributed by atoms with Gasteiger partial charge in [-0.15, -0.1) is 0 Å². The Morgan fingerprint density at radius 3 is 2.80 bits per heavy atom. The number of rotatable bonds is 7. The van der Waals surface area contributed by atoms with E-state index in [1.165, 1.54) is 31.6 Å². The summed E-state index contributed by atoms with van der Waals surface area (Å²) in [6.07, 6.45) is 6.90. The summed E-state index contributed by atoms with van der Waals surface area (Å²) in [6, 6.07) is 4.66. The van der Waals surface area contributed by atoms with E-state index in [1.54, 1.807) is 19.1 Å². The molecule has 0 aliphatic heterocycles. The molecule has 1 aromatic carbocycles. The second-order valence-corrected chi connectivity index (χ2v) is 6.48. The minimum absolute atomic E-state index is 0.196. The third-order valence-corrected chi connectivity index (χ3v) is 4.40. The van der Waals surface area contributed by atoms with Crippen LogP contribution in [0.2, 0.25) is 5.02 Å². The predicted molar refractivity (Wildman–Crippen MR) is 97.1 cm³/mol. The highest BCUT2D eigenvalue weighted by Gasteiger charge is 2.21. The lowest BCUT2D eigenvalue weighted by Crippen LogP contribution is -2.36. The number of halogens is 1. The van der Waals surface area contributed by atoms with Crippen LogP contribution in [0.3, 0.4) is 0 Å². The van der Waals surface area contributed by atoms with Crippen molar-refractivity contribution in [1.29, 1.82) is 0 Å². The molecular formula is C19H24ClNO4. The zero-order valence-corrected chi connectivity index (χ0v) is 15.4. The smallest absolute Gasteiger partial charge is 0.342 e. The number of methoxy groups -OCH3 is 1. The van der Waals surface area contributed by atoms with Crippen LogP contribution in [-0.2, 0) is 9.53 Å². The molecule has 6 heteroatoms. The first-order chi connectivity index (χ1) is 12.0. The SMILES string of the molecule is COc1ccc(Cl)cc1C(=O)O[C@@H](C)C(=O)NCCC1=CCCCC1. The molecule has 0 saturated heterocycles. The maximum atomic E-state index is 12.3. The lowest BCUT2D eigenvalue weighted by molar-refractivity contribution is -0.129. The molecule has 0 unspecified atom stereocenters. The van der Waals surface area contributed by atoms with Crippen molar-refractivity contribution in [2.45, 2.75) is 45.1 Å². The number of carbonyl (C=O) groups excluding carboxylic acids is 2. The van der Waals surface area contributed by atoms with E-state index in [-0.39, 0.29) is 11.5 Å². The maximum Gasteiger partial charge on any atom is 0.342 e. The number of nitrogens with one attached hydrogen (secondary N) is 1. The van der Waals surface area contributed by atoms with Gasteiger partial charge < -0.3 is 14.8 Å². The highest BCUT2D eigenvalue weighted by atomic mass is 35.5. The van der Waals surface area contributed by atoms with Gasteiger partial charge in [-0.3, -0.25) is 4.79 Å². The predicted octanol–water partition coefficient (Wildman–Crippen LogP) is 3.90. The maximum absolute atomic E-state index is 12.3. The molecule has 2 rings (SSSR count). The summed E-state index contributed by atoms with van der Waals surface area (Å²) in [6.45, 7) is 2.09. The fourth-order valence-corrected chi connectivity index (χ4v) is 2.91. The molecule has 0 fully saturated rings. The normalized spacial score (nSPS) is 15.1. The van der Waals surface area contributed by atoms with Gasteiger partial charge in [-0.05, 0) is 57.2 Å². The molecular weight excluding hydrogens is 342 g/mol. The summed E-state index contributed by atoms with van der Waals surface area (Å²) in [4.78, 5) is 24.4. The molecule has 1 aliphatic rings. The van der Waals surface area contributed by atoms with Gasteiger partial charge >= 0.3 is 5.97 Å². The highest BCUT2D eigenvalue weighted by molar-refractivity contribution is 6.31. The van der Waals surface area contributed by atoms with Crippen LogP contribution in [0.1, 0.15) is 49.4 Å². The first-order valence-electron chi connectivity index (χ1n) is 8.51. The van der Waals surface area contributed by atoms with E-state index in [2.05, 4.69) is 11.4 Å². The van der Waals surface area contributed by atoms with Crippen molar-refractivity contribution in [2.24, 2.45) is 0 Å². The summed E-state index contributed by atoms with van der Waals surface area (Å²) >= 11 is 5.91. The van der Waals surface area contributed by atoms with E-state index in [1.807, 2.05) is 0 Å². The fraction of sp³-hybridized carbons (Fsp3) is 0.474. The Balaban J connectivity index is 1.84. The van der Waals surface area contributed by atoms with E-state index in [0.29, 0.717) is 17.3 Å². The standard InChI is InChI=1S/C19H24ClNO4/c1-13(18(22)21-11-10-14-6-4-3-5-7-14)25-19(23)16-12-15(20)8-9-17(16)24-2/h6,8-9,12-13H,3-5,7,10-11H2,1-2H3,(H,21,22)/t13-/m0/s1. The van der Waals surface area contributed by atoms with Crippen molar-refractivity contribution in [2.75, 3.05) is 13.7 Å². The molecule has 1 amide bonds. The van der Waals surface area contributed by atoms with Crippen molar-refractivity contribution in [3.8, 4) is 5.75 Å². The second-order valence-electron chi connectivity index (χ2n) is 6.04. The molecule has 1 atom stereocenters. The average molecular weight is 366 g/mol. The van der Waals surface area contributed by atoms with Crippen molar-refractivity contribution in [3.63, 3.8) is 0 Å². The largest absolute Gasteiger partial charge is 0.496 e. The van der Waals surface area contributed by atoms with Crippen molar-refractivity contribution >= 4 is 23.5 Å². The number of esters is 1.